The zero-order chi connectivity index (χ0) is 20.2. The van der Waals surface area contributed by atoms with Gasteiger partial charge in [0.15, 0.2) is 0 Å². The van der Waals surface area contributed by atoms with Crippen molar-refractivity contribution in [1.29, 1.82) is 0 Å². The van der Waals surface area contributed by atoms with Crippen molar-refractivity contribution in [3.8, 4) is 0 Å². The Labute approximate surface area is 174 Å². The van der Waals surface area contributed by atoms with Crippen LogP contribution in [0.2, 0.25) is 0 Å². The van der Waals surface area contributed by atoms with Crippen LogP contribution >= 0.6 is 0 Å². The Hall–Kier alpha value is -1.61. The van der Waals surface area contributed by atoms with Gasteiger partial charge in [-0.3, -0.25) is 0 Å². The summed E-state index contributed by atoms with van der Waals surface area (Å²) in [4.78, 5) is 12.7. The maximum Gasteiger partial charge on any atom is 0.338 e. The molecule has 0 saturated heterocycles. The van der Waals surface area contributed by atoms with Crippen molar-refractivity contribution >= 4 is 5.97 Å². The number of benzene rings is 1. The number of esters is 1. The summed E-state index contributed by atoms with van der Waals surface area (Å²) in [6, 6.07) is 9.42. The van der Waals surface area contributed by atoms with Crippen molar-refractivity contribution in [2.24, 2.45) is 28.6 Å². The van der Waals surface area contributed by atoms with E-state index in [1.165, 1.54) is 18.4 Å². The summed E-state index contributed by atoms with van der Waals surface area (Å²) in [6.45, 7) is 4.85. The quantitative estimate of drug-likeness (QED) is 0.529. The van der Waals surface area contributed by atoms with E-state index in [9.17, 15) is 9.90 Å². The van der Waals surface area contributed by atoms with Gasteiger partial charge in [-0.05, 0) is 86.7 Å². The van der Waals surface area contributed by atoms with Crippen molar-refractivity contribution < 1.29 is 14.6 Å². The third-order valence-electron chi connectivity index (χ3n) is 9.25. The first-order chi connectivity index (χ1) is 13.9. The molecule has 1 aromatic rings. The van der Waals surface area contributed by atoms with Crippen LogP contribution < -0.4 is 0 Å². The minimum Gasteiger partial charge on any atom is -0.458 e. The zero-order valence-corrected chi connectivity index (χ0v) is 17.8. The molecule has 156 valence electrons. The van der Waals surface area contributed by atoms with Crippen LogP contribution in [0.25, 0.3) is 0 Å². The van der Waals surface area contributed by atoms with E-state index < -0.39 is 0 Å². The van der Waals surface area contributed by atoms with Gasteiger partial charge in [-0.15, -0.1) is 0 Å². The minimum absolute atomic E-state index is 0.0347. The van der Waals surface area contributed by atoms with Crippen molar-refractivity contribution in [3.63, 3.8) is 0 Å². The monoisotopic (exact) mass is 394 g/mol. The summed E-state index contributed by atoms with van der Waals surface area (Å²) >= 11 is 0. The summed E-state index contributed by atoms with van der Waals surface area (Å²) < 4.78 is 6.11. The van der Waals surface area contributed by atoms with Gasteiger partial charge in [0.2, 0.25) is 0 Å². The second-order valence-corrected chi connectivity index (χ2v) is 10.5. The van der Waals surface area contributed by atoms with Gasteiger partial charge in [-0.2, -0.15) is 0 Å². The van der Waals surface area contributed by atoms with Gasteiger partial charge in [0.25, 0.3) is 0 Å². The lowest BCUT2D eigenvalue weighted by molar-refractivity contribution is -0.0778. The molecule has 3 saturated carbocycles. The predicted molar refractivity (Wildman–Crippen MR) is 113 cm³/mol. The van der Waals surface area contributed by atoms with E-state index >= 15 is 0 Å². The van der Waals surface area contributed by atoms with Crippen molar-refractivity contribution in [3.05, 3.63) is 47.5 Å². The lowest BCUT2D eigenvalue weighted by Gasteiger charge is -2.57. The van der Waals surface area contributed by atoms with Crippen molar-refractivity contribution in [1.82, 2.24) is 0 Å². The van der Waals surface area contributed by atoms with Crippen LogP contribution in [0, 0.1) is 28.6 Å². The summed E-state index contributed by atoms with van der Waals surface area (Å²) in [6.07, 6.45) is 11.0. The molecule has 1 aromatic carbocycles. The molecule has 3 nitrogen and oxygen atoms in total. The topological polar surface area (TPSA) is 46.5 Å². The second kappa shape index (κ2) is 6.97. The molecule has 4 aliphatic rings. The first-order valence-electron chi connectivity index (χ1n) is 11.6. The van der Waals surface area contributed by atoms with E-state index in [4.69, 9.17) is 4.74 Å². The number of hydrogen-bond donors (Lipinski definition) is 1. The normalized spacial score (nSPS) is 43.6. The molecule has 0 bridgehead atoms. The fourth-order valence-corrected chi connectivity index (χ4v) is 7.56. The number of rotatable bonds is 2. The Morgan fingerprint density at radius 3 is 2.62 bits per heavy atom. The van der Waals surface area contributed by atoms with Gasteiger partial charge in [0, 0.05) is 5.41 Å². The van der Waals surface area contributed by atoms with Crippen molar-refractivity contribution in [2.45, 2.75) is 77.4 Å². The van der Waals surface area contributed by atoms with Crippen LogP contribution in [0.15, 0.2) is 42.0 Å². The van der Waals surface area contributed by atoms with E-state index in [-0.39, 0.29) is 29.0 Å². The summed E-state index contributed by atoms with van der Waals surface area (Å²) in [5.74, 6) is 1.88. The molecule has 0 unspecified atom stereocenters. The highest BCUT2D eigenvalue weighted by Gasteiger charge is 2.59. The molecule has 0 heterocycles. The molecule has 0 radical (unpaired) electrons. The number of fused-ring (bicyclic) bond motifs is 5. The molecule has 0 aromatic heterocycles. The Bertz CT molecular complexity index is 815. The van der Waals surface area contributed by atoms with E-state index in [2.05, 4.69) is 19.9 Å². The molecule has 0 aliphatic heterocycles. The van der Waals surface area contributed by atoms with E-state index in [1.54, 1.807) is 0 Å². The van der Waals surface area contributed by atoms with Gasteiger partial charge in [0.1, 0.15) is 6.10 Å². The molecule has 5 rings (SSSR count). The van der Waals surface area contributed by atoms with Gasteiger partial charge in [0.05, 0.1) is 11.7 Å². The lowest BCUT2D eigenvalue weighted by Crippen LogP contribution is -2.51. The summed E-state index contributed by atoms with van der Waals surface area (Å²) in [5, 5.41) is 10.2. The standard InChI is InChI=1S/C26H34O3/c1-25-14-12-19(27)16-18(25)8-9-20-21-10-11-23(26(21,2)15-13-22(20)25)29-24(28)17-6-4-3-5-7-17/h3-8,19-23,27H,9-16H2,1-2H3/t19-,20-,21-,22-,23-,25+,26+/m1/s1. The fourth-order valence-electron chi connectivity index (χ4n) is 7.56. The second-order valence-electron chi connectivity index (χ2n) is 10.5. The number of aliphatic hydroxyl groups is 1. The molecular weight excluding hydrogens is 360 g/mol. The first kappa shape index (κ1) is 19.4. The molecule has 1 N–H and O–H groups in total. The molecule has 3 fully saturated rings. The summed E-state index contributed by atoms with van der Waals surface area (Å²) in [5.41, 5.74) is 2.54. The fraction of sp³-hybridized carbons (Fsp3) is 0.654. The first-order valence-corrected chi connectivity index (χ1v) is 11.6. The maximum atomic E-state index is 12.7. The molecule has 0 amide bonds. The number of ether oxygens (including phenoxy) is 1. The molecule has 3 heteroatoms. The summed E-state index contributed by atoms with van der Waals surface area (Å²) in [7, 11) is 0. The zero-order valence-electron chi connectivity index (χ0n) is 17.8. The number of carbonyl (C=O) groups excluding carboxylic acids is 1. The van der Waals surface area contributed by atoms with Crippen LogP contribution in [-0.2, 0) is 4.74 Å². The SMILES string of the molecule is C[C@]12CC[C@@H]3[C@H](CC=C4C[C@H](O)CC[C@@]43C)[C@H]1CC[C@H]2OC(=O)c1ccccc1. The van der Waals surface area contributed by atoms with Gasteiger partial charge < -0.3 is 9.84 Å². The Morgan fingerprint density at radius 2 is 1.83 bits per heavy atom. The molecular formula is C26H34O3. The number of allylic oxidation sites excluding steroid dienone is 1. The average Bonchev–Trinajstić information content (AvgIpc) is 3.05. The number of carbonyl (C=O) groups is 1. The van der Waals surface area contributed by atoms with Crippen LogP contribution in [0.4, 0.5) is 0 Å². The van der Waals surface area contributed by atoms with Gasteiger partial charge in [-0.25, -0.2) is 4.79 Å². The van der Waals surface area contributed by atoms with Crippen molar-refractivity contribution in [2.75, 3.05) is 0 Å². The number of hydrogen-bond acceptors (Lipinski definition) is 3. The third-order valence-corrected chi connectivity index (χ3v) is 9.25. The Kier molecular flexibility index (Phi) is 4.66. The molecule has 0 spiro atoms. The van der Waals surface area contributed by atoms with Crippen LogP contribution in [0.3, 0.4) is 0 Å². The van der Waals surface area contributed by atoms with Gasteiger partial charge >= 0.3 is 5.97 Å². The van der Waals surface area contributed by atoms with E-state index in [1.807, 2.05) is 30.3 Å². The van der Waals surface area contributed by atoms with E-state index in [0.717, 1.165) is 44.4 Å². The largest absolute Gasteiger partial charge is 0.458 e. The molecule has 29 heavy (non-hydrogen) atoms. The lowest BCUT2D eigenvalue weighted by atomic mass is 9.48. The average molecular weight is 395 g/mol. The molecule has 7 atom stereocenters. The third kappa shape index (κ3) is 3.00. The highest BCUT2D eigenvalue weighted by molar-refractivity contribution is 5.89. The maximum absolute atomic E-state index is 12.7. The van der Waals surface area contributed by atoms with Crippen LogP contribution in [0.1, 0.15) is 75.6 Å². The Balaban J connectivity index is 1.36. The number of aliphatic hydroxyl groups excluding tert-OH is 1. The molecule has 4 aliphatic carbocycles. The van der Waals surface area contributed by atoms with E-state index in [0.29, 0.717) is 17.4 Å². The van der Waals surface area contributed by atoms with Gasteiger partial charge in [-0.1, -0.05) is 43.7 Å². The van der Waals surface area contributed by atoms with Crippen LogP contribution in [0.5, 0.6) is 0 Å². The van der Waals surface area contributed by atoms with Crippen LogP contribution in [-0.4, -0.2) is 23.3 Å². The predicted octanol–water partition coefficient (Wildman–Crippen LogP) is 5.54. The Morgan fingerprint density at radius 1 is 1.03 bits per heavy atom. The minimum atomic E-state index is -0.168. The highest BCUT2D eigenvalue weighted by atomic mass is 16.5. The highest BCUT2D eigenvalue weighted by Crippen LogP contribution is 2.65. The smallest absolute Gasteiger partial charge is 0.338 e.